The van der Waals surface area contributed by atoms with E-state index in [1.807, 2.05) is 60.9 Å². The maximum Gasteiger partial charge on any atom is 0.155 e. The van der Waals surface area contributed by atoms with Gasteiger partial charge < -0.3 is 24.6 Å². The Morgan fingerprint density at radius 1 is 0.592 bits per heavy atom. The van der Waals surface area contributed by atoms with Crippen LogP contribution < -0.4 is 0 Å². The third kappa shape index (κ3) is 9.26. The first-order valence-corrected chi connectivity index (χ1v) is 14.9. The zero-order valence-corrected chi connectivity index (χ0v) is 31.6. The van der Waals surface area contributed by atoms with Crippen LogP contribution in [0.15, 0.2) is 125 Å². The van der Waals surface area contributed by atoms with Gasteiger partial charge in [-0.05, 0) is 72.8 Å². The minimum absolute atomic E-state index is 0. The fourth-order valence-electron chi connectivity index (χ4n) is 5.28. The Kier molecular flexibility index (Phi) is 13.9. The van der Waals surface area contributed by atoms with E-state index in [9.17, 15) is 9.59 Å². The summed E-state index contributed by atoms with van der Waals surface area (Å²) < 4.78 is 6.58. The van der Waals surface area contributed by atoms with E-state index in [-0.39, 0.29) is 65.2 Å². The van der Waals surface area contributed by atoms with E-state index >= 15 is 0 Å². The Hall–Kier alpha value is -4.70. The molecule has 0 unspecified atom stereocenters. The van der Waals surface area contributed by atoms with Crippen LogP contribution in [0, 0.1) is 12.1 Å². The summed E-state index contributed by atoms with van der Waals surface area (Å²) in [6.45, 7) is 5.70. The van der Waals surface area contributed by atoms with E-state index in [0.29, 0.717) is 0 Å². The molecular formula is C40H32N2O5Pt2-2. The number of carbonyl (C=O) groups excluding carboxylic acids is 2. The first kappa shape index (κ1) is 38.7. The van der Waals surface area contributed by atoms with Gasteiger partial charge in [0, 0.05) is 77.8 Å². The van der Waals surface area contributed by atoms with Gasteiger partial charge in [-0.3, -0.25) is 9.59 Å². The summed E-state index contributed by atoms with van der Waals surface area (Å²) in [7, 11) is 0. The number of carbonyl (C=O) groups is 2. The zero-order chi connectivity index (χ0) is 33.5. The van der Waals surface area contributed by atoms with Crippen molar-refractivity contribution in [1.29, 1.82) is 0 Å². The van der Waals surface area contributed by atoms with Gasteiger partial charge in [0.05, 0.1) is 11.5 Å². The van der Waals surface area contributed by atoms with E-state index in [0.717, 1.165) is 66.0 Å². The number of rotatable bonds is 4. The number of aliphatic hydroxyl groups excluding tert-OH is 2. The molecule has 0 aliphatic heterocycles. The average molecular weight is 1010 g/mol. The molecule has 49 heavy (non-hydrogen) atoms. The van der Waals surface area contributed by atoms with Gasteiger partial charge in [-0.25, -0.2) is 0 Å². The number of benzene rings is 4. The summed E-state index contributed by atoms with van der Waals surface area (Å²) in [6.07, 6.45) is 6.01. The molecule has 0 saturated carbocycles. The van der Waals surface area contributed by atoms with Crippen molar-refractivity contribution in [1.82, 2.24) is 9.97 Å². The molecule has 3 heterocycles. The summed E-state index contributed by atoms with van der Waals surface area (Å²) in [5.41, 5.74) is 5.00. The largest absolute Gasteiger partial charge is 0.545 e. The molecule has 0 aliphatic carbocycles. The number of aliphatic hydroxyl groups is 2. The van der Waals surface area contributed by atoms with Gasteiger partial charge in [0.2, 0.25) is 0 Å². The number of ketones is 2. The van der Waals surface area contributed by atoms with Gasteiger partial charge in [-0.1, -0.05) is 70.4 Å². The number of aromatic nitrogens is 2. The second-order valence-electron chi connectivity index (χ2n) is 10.8. The Morgan fingerprint density at radius 3 is 1.33 bits per heavy atom. The molecule has 7 nitrogen and oxygen atoms in total. The van der Waals surface area contributed by atoms with E-state index in [4.69, 9.17) is 24.6 Å². The zero-order valence-electron chi connectivity index (χ0n) is 27.0. The predicted octanol–water partition coefficient (Wildman–Crippen LogP) is 9.69. The molecule has 0 saturated heterocycles. The molecular weight excluding hydrogens is 979 g/mol. The number of fused-ring (bicyclic) bond motifs is 5. The number of pyridine rings is 2. The van der Waals surface area contributed by atoms with Crippen LogP contribution in [-0.2, 0) is 51.7 Å². The quantitative estimate of drug-likeness (QED) is 0.103. The molecule has 0 radical (unpaired) electrons. The van der Waals surface area contributed by atoms with Crippen molar-refractivity contribution < 1.29 is 66.3 Å². The first-order chi connectivity index (χ1) is 22.6. The van der Waals surface area contributed by atoms with Crippen molar-refractivity contribution in [3.05, 3.63) is 133 Å². The summed E-state index contributed by atoms with van der Waals surface area (Å²) in [6, 6.07) is 35.3. The van der Waals surface area contributed by atoms with Crippen molar-refractivity contribution >= 4 is 55.0 Å². The average Bonchev–Trinajstić information content (AvgIpc) is 3.43. The van der Waals surface area contributed by atoms with Gasteiger partial charge in [-0.2, -0.15) is 0 Å². The van der Waals surface area contributed by atoms with Crippen LogP contribution in [-0.4, -0.2) is 31.7 Å². The molecule has 0 atom stereocenters. The van der Waals surface area contributed by atoms with Crippen LogP contribution in [0.25, 0.3) is 66.0 Å². The van der Waals surface area contributed by atoms with Crippen LogP contribution in [0.5, 0.6) is 0 Å². The second kappa shape index (κ2) is 17.6. The van der Waals surface area contributed by atoms with Crippen molar-refractivity contribution in [2.75, 3.05) is 0 Å². The number of nitrogens with zero attached hydrogens (tertiary/aromatic N) is 2. The van der Waals surface area contributed by atoms with Gasteiger partial charge in [0.25, 0.3) is 0 Å². The van der Waals surface area contributed by atoms with Crippen LogP contribution in [0.1, 0.15) is 27.7 Å². The molecule has 3 aromatic heterocycles. The predicted molar refractivity (Wildman–Crippen MR) is 187 cm³/mol. The SMILES string of the molecule is CC(=O)/C=C(/C)O.CC(=O)/C=C(/C)O.[Pt].[Pt].[c-]1ccc2c(oc3c(-c4nccc5ccccc45)[c-]ccc32)c1-c1nccc2ccccc12. The number of hydrogen-bond donors (Lipinski definition) is 2. The Labute approximate surface area is 312 Å². The first-order valence-electron chi connectivity index (χ1n) is 14.9. The fraction of sp³-hybridized carbons (Fsp3) is 0.100. The van der Waals surface area contributed by atoms with Crippen molar-refractivity contribution in [3.8, 4) is 22.5 Å². The van der Waals surface area contributed by atoms with Crippen LogP contribution in [0.4, 0.5) is 0 Å². The number of hydrogen-bond acceptors (Lipinski definition) is 7. The molecule has 7 aromatic rings. The Bertz CT molecular complexity index is 2150. The second-order valence-corrected chi connectivity index (χ2v) is 10.8. The van der Waals surface area contributed by atoms with Gasteiger partial charge >= 0.3 is 0 Å². The molecule has 4 aromatic carbocycles. The molecule has 0 fully saturated rings. The summed E-state index contributed by atoms with van der Waals surface area (Å²) in [5, 5.41) is 23.2. The van der Waals surface area contributed by atoms with E-state index in [1.54, 1.807) is 0 Å². The van der Waals surface area contributed by atoms with Gasteiger partial charge in [0.15, 0.2) is 11.6 Å². The van der Waals surface area contributed by atoms with Crippen LogP contribution >= 0.6 is 0 Å². The van der Waals surface area contributed by atoms with Crippen molar-refractivity contribution in [3.63, 3.8) is 0 Å². The third-order valence-corrected chi connectivity index (χ3v) is 7.04. The minimum atomic E-state index is -0.125. The number of allylic oxidation sites excluding steroid dienone is 4. The summed E-state index contributed by atoms with van der Waals surface area (Å²) in [4.78, 5) is 29.5. The third-order valence-electron chi connectivity index (χ3n) is 7.04. The standard InChI is InChI=1S/C30H16N2O.2C5H8O2.2Pt/c1-3-9-21-19(7-1)15-17-31-27(21)25-13-5-11-23-24-12-6-14-26(30(24)33-29(23)25)28-22-10-4-2-8-20(22)16-18-32-28;2*1-4(6)3-5(2)7;;/h1-12,15-18H;2*3,6H,1-2H3;;/q-2;;;;/b;2*4-3-;;. The topological polar surface area (TPSA) is 114 Å². The smallest absolute Gasteiger partial charge is 0.155 e. The minimum Gasteiger partial charge on any atom is -0.545 e. The van der Waals surface area contributed by atoms with Crippen LogP contribution in [0.3, 0.4) is 0 Å². The summed E-state index contributed by atoms with van der Waals surface area (Å²) >= 11 is 0. The van der Waals surface area contributed by atoms with Crippen molar-refractivity contribution in [2.24, 2.45) is 0 Å². The maximum atomic E-state index is 10.0. The Balaban J connectivity index is 0.000000347. The van der Waals surface area contributed by atoms with E-state index in [1.165, 1.54) is 39.8 Å². The molecule has 9 heteroatoms. The number of furan rings is 1. The molecule has 0 aliphatic rings. The molecule has 0 amide bonds. The maximum absolute atomic E-state index is 10.0. The van der Waals surface area contributed by atoms with Gasteiger partial charge in [0.1, 0.15) is 0 Å². The Morgan fingerprint density at radius 2 is 0.980 bits per heavy atom. The van der Waals surface area contributed by atoms with E-state index in [2.05, 4.69) is 48.5 Å². The monoisotopic (exact) mass is 1010 g/mol. The molecule has 2 N–H and O–H groups in total. The molecule has 254 valence electrons. The molecule has 0 bridgehead atoms. The normalized spacial score (nSPS) is 11.1. The van der Waals surface area contributed by atoms with Gasteiger partial charge in [-0.15, -0.1) is 36.4 Å². The fourth-order valence-corrected chi connectivity index (χ4v) is 5.28. The van der Waals surface area contributed by atoms with Crippen molar-refractivity contribution in [2.45, 2.75) is 27.7 Å². The molecule has 0 spiro atoms. The van der Waals surface area contributed by atoms with E-state index < -0.39 is 0 Å². The molecule has 7 rings (SSSR count). The van der Waals surface area contributed by atoms with Crippen LogP contribution in [0.2, 0.25) is 0 Å². The summed E-state index contributed by atoms with van der Waals surface area (Å²) in [5.74, 6) is -0.125.